The van der Waals surface area contributed by atoms with Gasteiger partial charge in [0, 0.05) is 18.5 Å². The first-order chi connectivity index (χ1) is 10.5. The van der Waals surface area contributed by atoms with Crippen LogP contribution in [-0.2, 0) is 15.4 Å². The van der Waals surface area contributed by atoms with Crippen molar-refractivity contribution in [2.24, 2.45) is 5.16 Å². The first-order valence-electron chi connectivity index (χ1n) is 7.69. The topological polar surface area (TPSA) is 70.0 Å². The Morgan fingerprint density at radius 2 is 1.86 bits per heavy atom. The van der Waals surface area contributed by atoms with Crippen LogP contribution in [0.2, 0.25) is 0 Å². The molecule has 2 rings (SSSR count). The van der Waals surface area contributed by atoms with Gasteiger partial charge in [0.25, 0.3) is 0 Å². The highest BCUT2D eigenvalue weighted by Crippen LogP contribution is 2.37. The van der Waals surface area contributed by atoms with Crippen molar-refractivity contribution in [1.29, 1.82) is 0 Å². The van der Waals surface area contributed by atoms with Crippen LogP contribution in [-0.4, -0.2) is 42.5 Å². The molecular weight excluding hydrogens is 300 g/mol. The molecule has 1 aliphatic heterocycles. The second-order valence-electron chi connectivity index (χ2n) is 5.85. The molecule has 1 heterocycles. The minimum absolute atomic E-state index is 0.193. The van der Waals surface area contributed by atoms with Crippen LogP contribution in [0.1, 0.15) is 38.7 Å². The molecule has 22 heavy (non-hydrogen) atoms. The highest BCUT2D eigenvalue weighted by molar-refractivity contribution is 7.89. The SMILES string of the molecule is CCCS(=O)(=O)N1CCC(C(C)=NO)(c2ccccc2)CC1. The Morgan fingerprint density at radius 3 is 2.36 bits per heavy atom. The molecule has 1 aliphatic rings. The van der Waals surface area contributed by atoms with Gasteiger partial charge in [-0.2, -0.15) is 0 Å². The largest absolute Gasteiger partial charge is 0.411 e. The van der Waals surface area contributed by atoms with Gasteiger partial charge in [0.05, 0.1) is 11.5 Å². The van der Waals surface area contributed by atoms with Crippen molar-refractivity contribution in [3.05, 3.63) is 35.9 Å². The second-order valence-corrected chi connectivity index (χ2v) is 7.94. The molecule has 0 unspecified atom stereocenters. The van der Waals surface area contributed by atoms with Gasteiger partial charge >= 0.3 is 0 Å². The van der Waals surface area contributed by atoms with Gasteiger partial charge in [-0.1, -0.05) is 42.4 Å². The lowest BCUT2D eigenvalue weighted by atomic mass is 9.70. The van der Waals surface area contributed by atoms with E-state index in [1.54, 1.807) is 4.31 Å². The molecule has 0 bridgehead atoms. The van der Waals surface area contributed by atoms with Crippen LogP contribution in [0.15, 0.2) is 35.5 Å². The third-order valence-corrected chi connectivity index (χ3v) is 6.68. The molecule has 5 nitrogen and oxygen atoms in total. The zero-order valence-corrected chi connectivity index (χ0v) is 14.0. The van der Waals surface area contributed by atoms with Gasteiger partial charge in [0.1, 0.15) is 0 Å². The first-order valence-corrected chi connectivity index (χ1v) is 9.29. The fourth-order valence-electron chi connectivity index (χ4n) is 3.25. The number of sulfonamides is 1. The lowest BCUT2D eigenvalue weighted by molar-refractivity contribution is 0.268. The quantitative estimate of drug-likeness (QED) is 0.514. The summed E-state index contributed by atoms with van der Waals surface area (Å²) in [4.78, 5) is 0. The van der Waals surface area contributed by atoms with Gasteiger partial charge in [-0.15, -0.1) is 0 Å². The summed E-state index contributed by atoms with van der Waals surface area (Å²) >= 11 is 0. The average molecular weight is 324 g/mol. The van der Waals surface area contributed by atoms with Crippen LogP contribution < -0.4 is 0 Å². The summed E-state index contributed by atoms with van der Waals surface area (Å²) in [5.74, 6) is 0.193. The summed E-state index contributed by atoms with van der Waals surface area (Å²) < 4.78 is 26.0. The Kier molecular flexibility index (Phi) is 5.24. The molecular formula is C16H24N2O3S. The molecule has 0 aliphatic carbocycles. The van der Waals surface area contributed by atoms with E-state index in [9.17, 15) is 13.6 Å². The van der Waals surface area contributed by atoms with Gasteiger partial charge < -0.3 is 5.21 Å². The van der Waals surface area contributed by atoms with E-state index in [1.807, 2.05) is 44.2 Å². The van der Waals surface area contributed by atoms with E-state index in [0.29, 0.717) is 38.1 Å². The van der Waals surface area contributed by atoms with Crippen molar-refractivity contribution < 1.29 is 13.6 Å². The van der Waals surface area contributed by atoms with Crippen molar-refractivity contribution >= 4 is 15.7 Å². The van der Waals surface area contributed by atoms with E-state index in [0.717, 1.165) is 5.56 Å². The van der Waals surface area contributed by atoms with E-state index in [-0.39, 0.29) is 11.2 Å². The van der Waals surface area contributed by atoms with E-state index in [1.165, 1.54) is 0 Å². The number of hydrogen-bond acceptors (Lipinski definition) is 4. The van der Waals surface area contributed by atoms with Crippen molar-refractivity contribution in [1.82, 2.24) is 4.31 Å². The number of rotatable bonds is 5. The Labute approximate surface area is 132 Å². The number of hydrogen-bond donors (Lipinski definition) is 1. The fourth-order valence-corrected chi connectivity index (χ4v) is 4.76. The Morgan fingerprint density at radius 1 is 1.27 bits per heavy atom. The maximum absolute atomic E-state index is 12.2. The third-order valence-electron chi connectivity index (χ3n) is 4.60. The van der Waals surface area contributed by atoms with Crippen molar-refractivity contribution in [2.45, 2.75) is 38.5 Å². The molecule has 1 N–H and O–H groups in total. The summed E-state index contributed by atoms with van der Waals surface area (Å²) in [5.41, 5.74) is 1.35. The molecule has 0 radical (unpaired) electrons. The normalized spacial score (nSPS) is 20.0. The number of nitrogens with zero attached hydrogens (tertiary/aromatic N) is 2. The molecule has 0 spiro atoms. The fraction of sp³-hybridized carbons (Fsp3) is 0.562. The van der Waals surface area contributed by atoms with Crippen LogP contribution in [0, 0.1) is 0 Å². The van der Waals surface area contributed by atoms with Crippen molar-refractivity contribution in [2.75, 3.05) is 18.8 Å². The number of oxime groups is 1. The highest BCUT2D eigenvalue weighted by Gasteiger charge is 2.41. The molecule has 1 aromatic rings. The maximum atomic E-state index is 12.2. The summed E-state index contributed by atoms with van der Waals surface area (Å²) in [6, 6.07) is 9.91. The molecule has 0 atom stereocenters. The van der Waals surface area contributed by atoms with E-state index >= 15 is 0 Å². The molecule has 0 amide bonds. The summed E-state index contributed by atoms with van der Waals surface area (Å²) in [7, 11) is -3.17. The van der Waals surface area contributed by atoms with Gasteiger partial charge in [-0.3, -0.25) is 0 Å². The van der Waals surface area contributed by atoms with E-state index < -0.39 is 10.0 Å². The summed E-state index contributed by atoms with van der Waals surface area (Å²) in [6.07, 6.45) is 1.89. The zero-order chi connectivity index (χ0) is 16.2. The minimum atomic E-state index is -3.17. The lowest BCUT2D eigenvalue weighted by Crippen LogP contribution is -2.48. The lowest BCUT2D eigenvalue weighted by Gasteiger charge is -2.41. The third kappa shape index (κ3) is 3.17. The molecule has 1 saturated heterocycles. The smallest absolute Gasteiger partial charge is 0.214 e. The Balaban J connectivity index is 2.27. The highest BCUT2D eigenvalue weighted by atomic mass is 32.2. The predicted molar refractivity (Wildman–Crippen MR) is 87.9 cm³/mol. The zero-order valence-electron chi connectivity index (χ0n) is 13.2. The van der Waals surface area contributed by atoms with Crippen LogP contribution in [0.3, 0.4) is 0 Å². The van der Waals surface area contributed by atoms with Crippen molar-refractivity contribution in [3.63, 3.8) is 0 Å². The molecule has 6 heteroatoms. The second kappa shape index (κ2) is 6.79. The predicted octanol–water partition coefficient (Wildman–Crippen LogP) is 2.61. The average Bonchev–Trinajstić information content (AvgIpc) is 2.55. The van der Waals surface area contributed by atoms with Crippen molar-refractivity contribution in [3.8, 4) is 0 Å². The first kappa shape index (κ1) is 17.0. The number of benzene rings is 1. The van der Waals surface area contributed by atoms with Gasteiger partial charge in [-0.05, 0) is 31.7 Å². The minimum Gasteiger partial charge on any atom is -0.411 e. The van der Waals surface area contributed by atoms with Crippen LogP contribution in [0.5, 0.6) is 0 Å². The molecule has 1 fully saturated rings. The summed E-state index contributed by atoms with van der Waals surface area (Å²) in [6.45, 7) is 4.61. The van der Waals surface area contributed by atoms with E-state index in [2.05, 4.69) is 5.16 Å². The van der Waals surface area contributed by atoms with Gasteiger partial charge in [0.2, 0.25) is 10.0 Å². The standard InChI is InChI=1S/C16H24N2O3S/c1-3-13-22(20,21)18-11-9-16(10-12-18,14(2)17-19)15-7-5-4-6-8-15/h4-8,19H,3,9-13H2,1-2H3. The van der Waals surface area contributed by atoms with Crippen LogP contribution in [0.4, 0.5) is 0 Å². The number of piperidine rings is 1. The maximum Gasteiger partial charge on any atom is 0.214 e. The molecule has 1 aromatic carbocycles. The Bertz CT molecular complexity index is 618. The molecule has 0 aromatic heterocycles. The molecule has 122 valence electrons. The Hall–Kier alpha value is -1.40. The molecule has 0 saturated carbocycles. The monoisotopic (exact) mass is 324 g/mol. The van der Waals surface area contributed by atoms with Crippen LogP contribution >= 0.6 is 0 Å². The van der Waals surface area contributed by atoms with Gasteiger partial charge in [0.15, 0.2) is 0 Å². The van der Waals surface area contributed by atoms with Gasteiger partial charge in [-0.25, -0.2) is 12.7 Å². The summed E-state index contributed by atoms with van der Waals surface area (Å²) in [5, 5.41) is 12.7. The van der Waals surface area contributed by atoms with E-state index in [4.69, 9.17) is 0 Å². The van der Waals surface area contributed by atoms with Crippen LogP contribution in [0.25, 0.3) is 0 Å².